The second kappa shape index (κ2) is 12.0. The van der Waals surface area contributed by atoms with Gasteiger partial charge in [-0.3, -0.25) is 4.79 Å². The topological polar surface area (TPSA) is 63.6 Å². The third-order valence-corrected chi connectivity index (χ3v) is 7.08. The lowest BCUT2D eigenvalue weighted by molar-refractivity contribution is -0.118. The van der Waals surface area contributed by atoms with Gasteiger partial charge in [0.25, 0.3) is 5.91 Å². The zero-order valence-corrected chi connectivity index (χ0v) is 20.9. The lowest BCUT2D eigenvalue weighted by Crippen LogP contribution is -2.19. The summed E-state index contributed by atoms with van der Waals surface area (Å²) in [5.41, 5.74) is 6.28. The number of hydrogen-bond acceptors (Lipinski definition) is 6. The minimum atomic E-state index is -0.201. The molecule has 9 heteroatoms. The van der Waals surface area contributed by atoms with Gasteiger partial charge in [0.2, 0.25) is 0 Å². The molecule has 0 fully saturated rings. The molecule has 1 aromatic heterocycles. The van der Waals surface area contributed by atoms with Crippen LogP contribution in [-0.4, -0.2) is 22.9 Å². The van der Waals surface area contributed by atoms with Crippen molar-refractivity contribution in [2.45, 2.75) is 10.9 Å². The Morgan fingerprint density at radius 2 is 1.68 bits per heavy atom. The fourth-order valence-corrected chi connectivity index (χ4v) is 4.69. The van der Waals surface area contributed by atoms with Gasteiger partial charge in [-0.1, -0.05) is 59.2 Å². The van der Waals surface area contributed by atoms with Crippen molar-refractivity contribution in [3.05, 3.63) is 99.3 Å². The Bertz CT molecular complexity index is 1260. The van der Waals surface area contributed by atoms with Crippen LogP contribution in [0, 0.1) is 0 Å². The monoisotopic (exact) mass is 527 g/mol. The van der Waals surface area contributed by atoms with E-state index < -0.39 is 0 Å². The van der Waals surface area contributed by atoms with Gasteiger partial charge < -0.3 is 4.74 Å². The minimum absolute atomic E-state index is 0.201. The number of hydrazone groups is 1. The van der Waals surface area contributed by atoms with Crippen LogP contribution in [0.2, 0.25) is 10.0 Å². The van der Waals surface area contributed by atoms with Crippen molar-refractivity contribution in [1.82, 2.24) is 10.4 Å². The standard InChI is InChI=1S/C25H19Cl2N3O2S2/c26-20-7-1-18(2-8-20)14-32-22-11-3-17(4-12-22)13-28-30-24(31)16-34-25-29-23(15-33-25)19-5-9-21(27)10-6-19/h1-13,15H,14,16H2,(H,30,31)/b28-13+. The largest absolute Gasteiger partial charge is 0.489 e. The minimum Gasteiger partial charge on any atom is -0.489 e. The van der Waals surface area contributed by atoms with Crippen molar-refractivity contribution < 1.29 is 9.53 Å². The maximum absolute atomic E-state index is 12.1. The summed E-state index contributed by atoms with van der Waals surface area (Å²) in [5.74, 6) is 0.768. The number of halogens is 2. The predicted molar refractivity (Wildman–Crippen MR) is 141 cm³/mol. The maximum atomic E-state index is 12.1. The molecule has 4 rings (SSSR count). The molecule has 5 nitrogen and oxygen atoms in total. The predicted octanol–water partition coefficient (Wildman–Crippen LogP) is 6.94. The highest BCUT2D eigenvalue weighted by Gasteiger charge is 2.08. The Balaban J connectivity index is 1.20. The summed E-state index contributed by atoms with van der Waals surface area (Å²) in [6.45, 7) is 0.457. The van der Waals surface area contributed by atoms with Crippen LogP contribution < -0.4 is 10.2 Å². The van der Waals surface area contributed by atoms with Gasteiger partial charge in [-0.2, -0.15) is 5.10 Å². The molecule has 1 heterocycles. The molecule has 0 aliphatic rings. The highest BCUT2D eigenvalue weighted by Crippen LogP contribution is 2.28. The molecule has 0 spiro atoms. The zero-order valence-electron chi connectivity index (χ0n) is 17.8. The summed E-state index contributed by atoms with van der Waals surface area (Å²) in [7, 11) is 0. The van der Waals surface area contributed by atoms with Gasteiger partial charge in [-0.25, -0.2) is 10.4 Å². The number of nitrogens with one attached hydrogen (secondary N) is 1. The molecular formula is C25H19Cl2N3O2S2. The Morgan fingerprint density at radius 3 is 2.38 bits per heavy atom. The third kappa shape index (κ3) is 7.33. The number of thioether (sulfide) groups is 1. The van der Waals surface area contributed by atoms with Crippen LogP contribution >= 0.6 is 46.3 Å². The molecule has 0 radical (unpaired) electrons. The lowest BCUT2D eigenvalue weighted by Gasteiger charge is -2.06. The van der Waals surface area contributed by atoms with Gasteiger partial charge in [-0.05, 0) is 59.7 Å². The van der Waals surface area contributed by atoms with Gasteiger partial charge >= 0.3 is 0 Å². The molecule has 0 unspecified atom stereocenters. The average molecular weight is 528 g/mol. The molecule has 0 saturated carbocycles. The molecule has 1 N–H and O–H groups in total. The number of rotatable bonds is 9. The van der Waals surface area contributed by atoms with Crippen molar-refractivity contribution >= 4 is 58.4 Å². The van der Waals surface area contributed by atoms with Gasteiger partial charge in [0.15, 0.2) is 4.34 Å². The summed E-state index contributed by atoms with van der Waals surface area (Å²) in [6, 6.07) is 22.5. The molecule has 1 amide bonds. The van der Waals surface area contributed by atoms with Crippen LogP contribution in [0.3, 0.4) is 0 Å². The average Bonchev–Trinajstić information content (AvgIpc) is 3.33. The van der Waals surface area contributed by atoms with Crippen LogP contribution in [0.4, 0.5) is 0 Å². The van der Waals surface area contributed by atoms with Crippen LogP contribution in [0.15, 0.2) is 87.6 Å². The number of nitrogens with zero attached hydrogens (tertiary/aromatic N) is 2. The number of aromatic nitrogens is 1. The van der Waals surface area contributed by atoms with Crippen molar-refractivity contribution in [1.29, 1.82) is 0 Å². The zero-order chi connectivity index (χ0) is 23.8. The number of thiazole rings is 1. The van der Waals surface area contributed by atoms with E-state index in [1.54, 1.807) is 6.21 Å². The molecular weight excluding hydrogens is 509 g/mol. The van der Waals surface area contributed by atoms with Gasteiger partial charge in [-0.15, -0.1) is 11.3 Å². The van der Waals surface area contributed by atoms with Crippen molar-refractivity contribution in [2.75, 3.05) is 5.75 Å². The van der Waals surface area contributed by atoms with E-state index in [1.165, 1.54) is 23.1 Å². The maximum Gasteiger partial charge on any atom is 0.250 e. The number of amides is 1. The first-order valence-corrected chi connectivity index (χ1v) is 12.8. The van der Waals surface area contributed by atoms with Crippen LogP contribution in [0.5, 0.6) is 5.75 Å². The normalized spacial score (nSPS) is 11.0. The quantitative estimate of drug-likeness (QED) is 0.145. The van der Waals surface area contributed by atoms with Gasteiger partial charge in [0.05, 0.1) is 17.7 Å². The van der Waals surface area contributed by atoms with E-state index >= 15 is 0 Å². The van der Waals surface area contributed by atoms with E-state index in [-0.39, 0.29) is 11.7 Å². The fourth-order valence-electron chi connectivity index (χ4n) is 2.81. The molecule has 172 valence electrons. The van der Waals surface area contributed by atoms with E-state index in [4.69, 9.17) is 27.9 Å². The number of carbonyl (C=O) groups is 1. The van der Waals surface area contributed by atoms with Gasteiger partial charge in [0, 0.05) is 21.0 Å². The lowest BCUT2D eigenvalue weighted by atomic mass is 10.2. The summed E-state index contributed by atoms with van der Waals surface area (Å²) >= 11 is 14.7. The van der Waals surface area contributed by atoms with Crippen LogP contribution in [0.1, 0.15) is 11.1 Å². The molecule has 4 aromatic rings. The fraction of sp³-hybridized carbons (Fsp3) is 0.0800. The van der Waals surface area contributed by atoms with E-state index in [0.29, 0.717) is 16.7 Å². The molecule has 0 aliphatic carbocycles. The van der Waals surface area contributed by atoms with Crippen molar-refractivity contribution in [3.63, 3.8) is 0 Å². The first kappa shape index (κ1) is 24.3. The summed E-state index contributed by atoms with van der Waals surface area (Å²) in [5, 5.41) is 7.37. The first-order chi connectivity index (χ1) is 16.5. The number of carbonyl (C=O) groups excluding carboxylic acids is 1. The molecule has 0 aliphatic heterocycles. The summed E-state index contributed by atoms with van der Waals surface area (Å²) < 4.78 is 6.59. The Morgan fingerprint density at radius 1 is 1.00 bits per heavy atom. The highest BCUT2D eigenvalue weighted by atomic mass is 35.5. The van der Waals surface area contributed by atoms with E-state index in [9.17, 15) is 4.79 Å². The molecule has 34 heavy (non-hydrogen) atoms. The summed E-state index contributed by atoms with van der Waals surface area (Å²) in [4.78, 5) is 16.7. The van der Waals surface area contributed by atoms with Gasteiger partial charge in [0.1, 0.15) is 12.4 Å². The Labute approximate surface area is 215 Å². The van der Waals surface area contributed by atoms with Crippen molar-refractivity contribution in [2.24, 2.45) is 5.10 Å². The molecule has 0 saturated heterocycles. The Kier molecular flexibility index (Phi) is 8.60. The number of benzene rings is 3. The number of hydrogen-bond donors (Lipinski definition) is 1. The third-order valence-electron chi connectivity index (χ3n) is 4.55. The van der Waals surface area contributed by atoms with Crippen molar-refractivity contribution in [3.8, 4) is 17.0 Å². The first-order valence-electron chi connectivity index (χ1n) is 10.2. The second-order valence-electron chi connectivity index (χ2n) is 7.07. The van der Waals surface area contributed by atoms with Crippen LogP contribution in [0.25, 0.3) is 11.3 Å². The Hall–Kier alpha value is -2.84. The second-order valence-corrected chi connectivity index (χ2v) is 10.0. The smallest absolute Gasteiger partial charge is 0.250 e. The molecule has 3 aromatic carbocycles. The van der Waals surface area contributed by atoms with E-state index in [2.05, 4.69) is 15.5 Å². The summed E-state index contributed by atoms with van der Waals surface area (Å²) in [6.07, 6.45) is 1.59. The molecule has 0 atom stereocenters. The van der Waals surface area contributed by atoms with E-state index in [0.717, 1.165) is 32.5 Å². The SMILES string of the molecule is O=C(CSc1nc(-c2ccc(Cl)cc2)cs1)N/N=C/c1ccc(OCc2ccc(Cl)cc2)cc1. The molecule has 0 bridgehead atoms. The highest BCUT2D eigenvalue weighted by molar-refractivity contribution is 8.01. The van der Waals surface area contributed by atoms with Crippen LogP contribution in [-0.2, 0) is 11.4 Å². The number of ether oxygens (including phenoxy) is 1. The van der Waals surface area contributed by atoms with E-state index in [1.807, 2.05) is 78.2 Å².